The van der Waals surface area contributed by atoms with E-state index >= 15 is 0 Å². The molecule has 21 heavy (non-hydrogen) atoms. The third kappa shape index (κ3) is 6.74. The summed E-state index contributed by atoms with van der Waals surface area (Å²) in [6.45, 7) is 4.48. The number of halogens is 1. The summed E-state index contributed by atoms with van der Waals surface area (Å²) in [7, 11) is 0. The van der Waals surface area contributed by atoms with E-state index in [1.54, 1.807) is 45.0 Å². The standard InChI is InChI=1S/C15H20FNO4/c1-15(2,3)21-14(19)17-10-13(18)11-4-6-12(7-5-11)20-9-8-16/h4-7H,8-10H2,1-3H3,(H,17,19). The van der Waals surface area contributed by atoms with Crippen LogP contribution < -0.4 is 10.1 Å². The molecule has 0 aliphatic carbocycles. The summed E-state index contributed by atoms with van der Waals surface area (Å²) in [4.78, 5) is 23.3. The second-order valence-electron chi connectivity index (χ2n) is 5.34. The van der Waals surface area contributed by atoms with Crippen molar-refractivity contribution in [3.05, 3.63) is 29.8 Å². The molecular weight excluding hydrogens is 277 g/mol. The van der Waals surface area contributed by atoms with Crippen LogP contribution in [0.25, 0.3) is 0 Å². The molecule has 0 aliphatic rings. The van der Waals surface area contributed by atoms with Crippen LogP contribution >= 0.6 is 0 Å². The lowest BCUT2D eigenvalue weighted by atomic mass is 10.1. The van der Waals surface area contributed by atoms with Crippen molar-refractivity contribution < 1.29 is 23.5 Å². The molecule has 0 aromatic heterocycles. The first-order valence-corrected chi connectivity index (χ1v) is 6.61. The maximum atomic E-state index is 11.9. The molecule has 1 amide bonds. The number of hydrogen-bond acceptors (Lipinski definition) is 4. The number of alkyl carbamates (subject to hydrolysis) is 1. The highest BCUT2D eigenvalue weighted by Gasteiger charge is 2.16. The highest BCUT2D eigenvalue weighted by molar-refractivity contribution is 5.98. The third-order valence-electron chi connectivity index (χ3n) is 2.31. The molecule has 116 valence electrons. The Balaban J connectivity index is 2.47. The lowest BCUT2D eigenvalue weighted by molar-refractivity contribution is 0.0520. The van der Waals surface area contributed by atoms with Crippen LogP contribution in [0.5, 0.6) is 5.75 Å². The smallest absolute Gasteiger partial charge is 0.408 e. The Bertz CT molecular complexity index is 479. The van der Waals surface area contributed by atoms with Gasteiger partial charge in [0.05, 0.1) is 6.54 Å². The summed E-state index contributed by atoms with van der Waals surface area (Å²) in [5, 5.41) is 2.39. The van der Waals surface area contributed by atoms with Gasteiger partial charge in [0.2, 0.25) is 0 Å². The molecule has 0 saturated heterocycles. The predicted molar refractivity (Wildman–Crippen MR) is 76.5 cm³/mol. The molecule has 0 unspecified atom stereocenters. The van der Waals surface area contributed by atoms with Crippen molar-refractivity contribution in [2.24, 2.45) is 0 Å². The summed E-state index contributed by atoms with van der Waals surface area (Å²) < 4.78 is 22.0. The minimum atomic E-state index is -0.640. The van der Waals surface area contributed by atoms with Gasteiger partial charge in [0.1, 0.15) is 24.6 Å². The molecule has 0 radical (unpaired) electrons. The van der Waals surface area contributed by atoms with E-state index < -0.39 is 18.4 Å². The lowest BCUT2D eigenvalue weighted by Crippen LogP contribution is -2.35. The summed E-state index contributed by atoms with van der Waals surface area (Å²) >= 11 is 0. The van der Waals surface area contributed by atoms with E-state index in [4.69, 9.17) is 9.47 Å². The quantitative estimate of drug-likeness (QED) is 0.820. The molecule has 0 saturated carbocycles. The fourth-order valence-corrected chi connectivity index (χ4v) is 1.46. The van der Waals surface area contributed by atoms with E-state index in [0.29, 0.717) is 11.3 Å². The van der Waals surface area contributed by atoms with Crippen molar-refractivity contribution in [1.82, 2.24) is 5.32 Å². The highest BCUT2D eigenvalue weighted by atomic mass is 19.1. The molecule has 5 nitrogen and oxygen atoms in total. The SMILES string of the molecule is CC(C)(C)OC(=O)NCC(=O)c1ccc(OCCF)cc1. The summed E-state index contributed by atoms with van der Waals surface area (Å²) in [5.74, 6) is 0.238. The number of ketones is 1. The Morgan fingerprint density at radius 3 is 2.33 bits per heavy atom. The van der Waals surface area contributed by atoms with Gasteiger partial charge in [-0.05, 0) is 45.0 Å². The number of hydrogen-bond donors (Lipinski definition) is 1. The van der Waals surface area contributed by atoms with Crippen molar-refractivity contribution in [2.45, 2.75) is 26.4 Å². The summed E-state index contributed by atoms with van der Waals surface area (Å²) in [5.41, 5.74) is -0.179. The second-order valence-corrected chi connectivity index (χ2v) is 5.34. The van der Waals surface area contributed by atoms with Gasteiger partial charge < -0.3 is 14.8 Å². The molecule has 0 aliphatic heterocycles. The molecule has 0 spiro atoms. The topological polar surface area (TPSA) is 64.6 Å². The zero-order chi connectivity index (χ0) is 15.9. The van der Waals surface area contributed by atoms with Crippen molar-refractivity contribution in [1.29, 1.82) is 0 Å². The Kier molecular flexibility index (Phi) is 6.14. The predicted octanol–water partition coefficient (Wildman–Crippen LogP) is 2.74. The Morgan fingerprint density at radius 1 is 1.19 bits per heavy atom. The van der Waals surface area contributed by atoms with Gasteiger partial charge in [-0.25, -0.2) is 9.18 Å². The fraction of sp³-hybridized carbons (Fsp3) is 0.467. The largest absolute Gasteiger partial charge is 0.491 e. The number of alkyl halides is 1. The van der Waals surface area contributed by atoms with Crippen molar-refractivity contribution in [3.8, 4) is 5.75 Å². The maximum absolute atomic E-state index is 11.9. The number of carbonyl (C=O) groups is 2. The Morgan fingerprint density at radius 2 is 1.81 bits per heavy atom. The van der Waals surface area contributed by atoms with Gasteiger partial charge in [0.25, 0.3) is 0 Å². The summed E-state index contributed by atoms with van der Waals surface area (Å²) in [6.07, 6.45) is -0.640. The molecule has 1 rings (SSSR count). The first kappa shape index (κ1) is 16.9. The van der Waals surface area contributed by atoms with Gasteiger partial charge in [0.15, 0.2) is 5.78 Å². The van der Waals surface area contributed by atoms with Gasteiger partial charge in [-0.3, -0.25) is 4.79 Å². The van der Waals surface area contributed by atoms with E-state index in [1.807, 2.05) is 0 Å². The van der Waals surface area contributed by atoms with Gasteiger partial charge in [-0.2, -0.15) is 0 Å². The normalized spacial score (nSPS) is 10.9. The van der Waals surface area contributed by atoms with Gasteiger partial charge in [0, 0.05) is 5.56 Å². The van der Waals surface area contributed by atoms with Crippen LogP contribution in [0.1, 0.15) is 31.1 Å². The third-order valence-corrected chi connectivity index (χ3v) is 2.31. The van der Waals surface area contributed by atoms with E-state index in [1.165, 1.54) is 0 Å². The van der Waals surface area contributed by atoms with E-state index in [9.17, 15) is 14.0 Å². The monoisotopic (exact) mass is 297 g/mol. The van der Waals surface area contributed by atoms with E-state index in [-0.39, 0.29) is 18.9 Å². The van der Waals surface area contributed by atoms with Crippen LogP contribution in [-0.2, 0) is 4.74 Å². The van der Waals surface area contributed by atoms with Gasteiger partial charge >= 0.3 is 6.09 Å². The van der Waals surface area contributed by atoms with Crippen LogP contribution in [0.3, 0.4) is 0 Å². The van der Waals surface area contributed by atoms with Crippen LogP contribution in [-0.4, -0.2) is 37.3 Å². The summed E-state index contributed by atoms with van der Waals surface area (Å²) in [6, 6.07) is 6.28. The zero-order valence-electron chi connectivity index (χ0n) is 12.4. The number of carbonyl (C=O) groups excluding carboxylic acids is 2. The van der Waals surface area contributed by atoms with Gasteiger partial charge in [-0.15, -0.1) is 0 Å². The number of benzene rings is 1. The average Bonchev–Trinajstić information content (AvgIpc) is 2.41. The molecule has 1 aromatic rings. The molecule has 0 heterocycles. The van der Waals surface area contributed by atoms with Crippen LogP contribution in [0.15, 0.2) is 24.3 Å². The van der Waals surface area contributed by atoms with Crippen LogP contribution in [0.4, 0.5) is 9.18 Å². The number of Topliss-reactive ketones (excluding diaryl/α,β-unsaturated/α-hetero) is 1. The van der Waals surface area contributed by atoms with Crippen LogP contribution in [0.2, 0.25) is 0 Å². The molecule has 1 N–H and O–H groups in total. The molecule has 0 atom stereocenters. The zero-order valence-corrected chi connectivity index (χ0v) is 12.4. The molecule has 6 heteroatoms. The Hall–Kier alpha value is -2.11. The minimum Gasteiger partial charge on any atom is -0.491 e. The fourth-order valence-electron chi connectivity index (χ4n) is 1.46. The van der Waals surface area contributed by atoms with Crippen molar-refractivity contribution in [2.75, 3.05) is 19.8 Å². The van der Waals surface area contributed by atoms with Gasteiger partial charge in [-0.1, -0.05) is 0 Å². The first-order chi connectivity index (χ1) is 9.81. The number of rotatable bonds is 6. The number of nitrogens with one attached hydrogen (secondary N) is 1. The average molecular weight is 297 g/mol. The number of amides is 1. The number of ether oxygens (including phenoxy) is 2. The van der Waals surface area contributed by atoms with Crippen molar-refractivity contribution in [3.63, 3.8) is 0 Å². The molecule has 0 fully saturated rings. The maximum Gasteiger partial charge on any atom is 0.408 e. The van der Waals surface area contributed by atoms with Crippen molar-refractivity contribution >= 4 is 11.9 Å². The first-order valence-electron chi connectivity index (χ1n) is 6.61. The minimum absolute atomic E-state index is 0.0203. The van der Waals surface area contributed by atoms with Crippen LogP contribution in [0, 0.1) is 0 Å². The molecular formula is C15H20FNO4. The van der Waals surface area contributed by atoms with E-state index in [0.717, 1.165) is 0 Å². The highest BCUT2D eigenvalue weighted by Crippen LogP contribution is 2.12. The molecule has 1 aromatic carbocycles. The lowest BCUT2D eigenvalue weighted by Gasteiger charge is -2.19. The second kappa shape index (κ2) is 7.61. The Labute approximate surface area is 123 Å². The molecule has 0 bridgehead atoms. The van der Waals surface area contributed by atoms with E-state index in [2.05, 4.69) is 5.32 Å².